The van der Waals surface area contributed by atoms with E-state index in [-0.39, 0.29) is 6.42 Å². The molecule has 1 N–H and O–H groups in total. The predicted octanol–water partition coefficient (Wildman–Crippen LogP) is 4.57. The predicted molar refractivity (Wildman–Crippen MR) is 95.5 cm³/mol. The van der Waals surface area contributed by atoms with Gasteiger partial charge in [-0.2, -0.15) is 5.26 Å². The first-order chi connectivity index (χ1) is 11.7. The summed E-state index contributed by atoms with van der Waals surface area (Å²) < 4.78 is 1.07. The highest BCUT2D eigenvalue weighted by Crippen LogP contribution is 2.31. The Morgan fingerprint density at radius 2 is 2.04 bits per heavy atom. The van der Waals surface area contributed by atoms with Gasteiger partial charge in [-0.25, -0.2) is 4.98 Å². The van der Waals surface area contributed by atoms with E-state index in [1.807, 2.05) is 42.5 Å². The van der Waals surface area contributed by atoms with Crippen molar-refractivity contribution >= 4 is 39.2 Å². The topological polar surface area (TPSA) is 74.0 Å². The van der Waals surface area contributed by atoms with Gasteiger partial charge < -0.3 is 5.11 Å². The van der Waals surface area contributed by atoms with Crippen LogP contribution in [-0.2, 0) is 4.79 Å². The Balaban J connectivity index is 2.03. The number of carboxylic acids is 1. The molecule has 5 heteroatoms. The van der Waals surface area contributed by atoms with Crippen molar-refractivity contribution in [2.45, 2.75) is 12.8 Å². The number of thiazole rings is 1. The minimum absolute atomic E-state index is 0.0414. The Morgan fingerprint density at radius 1 is 1.21 bits per heavy atom. The van der Waals surface area contributed by atoms with E-state index in [1.54, 1.807) is 23.5 Å². The fraction of sp³-hybridized carbons (Fsp3) is 0.105. The molecular formula is C19H14N2O2S. The third kappa shape index (κ3) is 3.67. The van der Waals surface area contributed by atoms with Gasteiger partial charge >= 0.3 is 5.97 Å². The van der Waals surface area contributed by atoms with Gasteiger partial charge in [-0.05, 0) is 47.9 Å². The summed E-state index contributed by atoms with van der Waals surface area (Å²) in [5.41, 5.74) is 3.22. The molecule has 0 bridgehead atoms. The number of allylic oxidation sites excluding steroid dienone is 1. The summed E-state index contributed by atoms with van der Waals surface area (Å²) in [6.45, 7) is 0. The zero-order valence-corrected chi connectivity index (χ0v) is 13.6. The lowest BCUT2D eigenvalue weighted by Gasteiger charge is -2.03. The molecule has 0 saturated heterocycles. The number of nitriles is 1. The van der Waals surface area contributed by atoms with Crippen LogP contribution in [0.5, 0.6) is 0 Å². The number of rotatable bonds is 5. The molecule has 2 aromatic carbocycles. The molecule has 3 rings (SSSR count). The van der Waals surface area contributed by atoms with Gasteiger partial charge in [-0.3, -0.25) is 4.79 Å². The SMILES string of the molecule is N#Cc1cccc(/C=C(\CCC(=O)O)c2nc3ccccc3s2)c1. The van der Waals surface area contributed by atoms with Crippen LogP contribution in [0.15, 0.2) is 48.5 Å². The first kappa shape index (κ1) is 15.9. The van der Waals surface area contributed by atoms with Gasteiger partial charge in [-0.1, -0.05) is 24.3 Å². The summed E-state index contributed by atoms with van der Waals surface area (Å²) in [7, 11) is 0. The number of carboxylic acid groups (broad SMARTS) is 1. The summed E-state index contributed by atoms with van der Waals surface area (Å²) in [6.07, 6.45) is 2.35. The molecule has 0 atom stereocenters. The first-order valence-electron chi connectivity index (χ1n) is 7.44. The van der Waals surface area contributed by atoms with Crippen LogP contribution >= 0.6 is 11.3 Å². The summed E-state index contributed by atoms with van der Waals surface area (Å²) >= 11 is 1.55. The lowest BCUT2D eigenvalue weighted by Crippen LogP contribution is -1.95. The number of aliphatic carboxylic acids is 1. The largest absolute Gasteiger partial charge is 0.481 e. The maximum Gasteiger partial charge on any atom is 0.303 e. The third-order valence-electron chi connectivity index (χ3n) is 3.53. The van der Waals surface area contributed by atoms with Crippen molar-refractivity contribution in [2.24, 2.45) is 0 Å². The van der Waals surface area contributed by atoms with E-state index in [0.717, 1.165) is 26.4 Å². The maximum atomic E-state index is 11.0. The van der Waals surface area contributed by atoms with Gasteiger partial charge in [0.2, 0.25) is 0 Å². The molecule has 24 heavy (non-hydrogen) atoms. The first-order valence-corrected chi connectivity index (χ1v) is 8.26. The second kappa shape index (κ2) is 7.07. The molecule has 118 valence electrons. The molecule has 0 radical (unpaired) electrons. The van der Waals surface area contributed by atoms with Gasteiger partial charge in [0, 0.05) is 6.42 Å². The summed E-state index contributed by atoms with van der Waals surface area (Å²) in [6, 6.07) is 17.2. The van der Waals surface area contributed by atoms with Crippen LogP contribution in [0.1, 0.15) is 29.0 Å². The van der Waals surface area contributed by atoms with Crippen LogP contribution in [-0.4, -0.2) is 16.1 Å². The van der Waals surface area contributed by atoms with Gasteiger partial charge in [0.1, 0.15) is 5.01 Å². The van der Waals surface area contributed by atoms with Gasteiger partial charge in [0.25, 0.3) is 0 Å². The number of nitrogens with zero attached hydrogens (tertiary/aromatic N) is 2. The van der Waals surface area contributed by atoms with Crippen molar-refractivity contribution in [3.8, 4) is 6.07 Å². The zero-order chi connectivity index (χ0) is 16.9. The van der Waals surface area contributed by atoms with E-state index in [9.17, 15) is 4.79 Å². The number of aromatic nitrogens is 1. The standard InChI is InChI=1S/C19H14N2O2S/c20-12-14-5-3-4-13(10-14)11-15(8-9-18(22)23)19-21-16-6-1-2-7-17(16)24-19/h1-7,10-11H,8-9H2,(H,22,23)/b15-11+. The Labute approximate surface area is 143 Å². The Bertz CT molecular complexity index is 934. The highest BCUT2D eigenvalue weighted by Gasteiger charge is 2.11. The van der Waals surface area contributed by atoms with Crippen molar-refractivity contribution in [3.05, 3.63) is 64.7 Å². The van der Waals surface area contributed by atoms with Crippen molar-refractivity contribution < 1.29 is 9.90 Å². The Hall–Kier alpha value is -2.97. The van der Waals surface area contributed by atoms with Crippen molar-refractivity contribution in [2.75, 3.05) is 0 Å². The zero-order valence-electron chi connectivity index (χ0n) is 12.8. The highest BCUT2D eigenvalue weighted by atomic mass is 32.1. The van der Waals surface area contributed by atoms with E-state index in [0.29, 0.717) is 12.0 Å². The molecule has 0 saturated carbocycles. The van der Waals surface area contributed by atoms with Crippen molar-refractivity contribution in [3.63, 3.8) is 0 Å². The van der Waals surface area contributed by atoms with E-state index in [2.05, 4.69) is 11.1 Å². The fourth-order valence-electron chi connectivity index (χ4n) is 2.39. The fourth-order valence-corrected chi connectivity index (χ4v) is 3.40. The molecule has 3 aromatic rings. The molecule has 0 aliphatic heterocycles. The molecule has 1 heterocycles. The molecule has 0 unspecified atom stereocenters. The summed E-state index contributed by atoms with van der Waals surface area (Å²) in [5.74, 6) is -0.840. The summed E-state index contributed by atoms with van der Waals surface area (Å²) in [5, 5.41) is 18.9. The second-order valence-electron chi connectivity index (χ2n) is 5.29. The average molecular weight is 334 g/mol. The quantitative estimate of drug-likeness (QED) is 0.741. The molecular weight excluding hydrogens is 320 g/mol. The molecule has 0 aliphatic carbocycles. The average Bonchev–Trinajstić information content (AvgIpc) is 3.02. The van der Waals surface area contributed by atoms with Gasteiger partial charge in [-0.15, -0.1) is 11.3 Å². The van der Waals surface area contributed by atoms with Crippen LogP contribution in [0.4, 0.5) is 0 Å². The third-order valence-corrected chi connectivity index (χ3v) is 4.65. The number of carbonyl (C=O) groups is 1. The number of hydrogen-bond acceptors (Lipinski definition) is 4. The highest BCUT2D eigenvalue weighted by molar-refractivity contribution is 7.19. The summed E-state index contributed by atoms with van der Waals surface area (Å²) in [4.78, 5) is 15.6. The molecule has 1 aromatic heterocycles. The van der Waals surface area contributed by atoms with Gasteiger partial charge in [0.15, 0.2) is 0 Å². The van der Waals surface area contributed by atoms with Crippen molar-refractivity contribution in [1.82, 2.24) is 4.98 Å². The van der Waals surface area contributed by atoms with E-state index >= 15 is 0 Å². The minimum atomic E-state index is -0.840. The van der Waals surface area contributed by atoms with Crippen LogP contribution in [0, 0.1) is 11.3 Å². The number of hydrogen-bond donors (Lipinski definition) is 1. The Kier molecular flexibility index (Phi) is 4.69. The van der Waals surface area contributed by atoms with Crippen LogP contribution in [0.3, 0.4) is 0 Å². The molecule has 0 aliphatic rings. The second-order valence-corrected chi connectivity index (χ2v) is 6.32. The maximum absolute atomic E-state index is 11.0. The van der Waals surface area contributed by atoms with E-state index in [4.69, 9.17) is 10.4 Å². The van der Waals surface area contributed by atoms with Crippen molar-refractivity contribution in [1.29, 1.82) is 5.26 Å². The van der Waals surface area contributed by atoms with Crippen LogP contribution in [0.25, 0.3) is 21.9 Å². The van der Waals surface area contributed by atoms with E-state index < -0.39 is 5.97 Å². The number of fused-ring (bicyclic) bond motifs is 1. The number of para-hydroxylation sites is 1. The van der Waals surface area contributed by atoms with E-state index in [1.165, 1.54) is 0 Å². The molecule has 0 amide bonds. The lowest BCUT2D eigenvalue weighted by molar-refractivity contribution is -0.136. The Morgan fingerprint density at radius 3 is 2.79 bits per heavy atom. The minimum Gasteiger partial charge on any atom is -0.481 e. The lowest BCUT2D eigenvalue weighted by atomic mass is 10.1. The normalized spacial score (nSPS) is 11.4. The monoisotopic (exact) mass is 334 g/mol. The molecule has 0 spiro atoms. The van der Waals surface area contributed by atoms with Crippen LogP contribution in [0.2, 0.25) is 0 Å². The molecule has 4 nitrogen and oxygen atoms in total. The number of benzene rings is 2. The van der Waals surface area contributed by atoms with Gasteiger partial charge in [0.05, 0.1) is 21.8 Å². The van der Waals surface area contributed by atoms with Crippen LogP contribution < -0.4 is 0 Å². The smallest absolute Gasteiger partial charge is 0.303 e. The molecule has 0 fully saturated rings.